The van der Waals surface area contributed by atoms with Gasteiger partial charge in [0.15, 0.2) is 0 Å². The summed E-state index contributed by atoms with van der Waals surface area (Å²) in [7, 11) is 0. The molecule has 0 radical (unpaired) electrons. The van der Waals surface area contributed by atoms with Crippen molar-refractivity contribution in [1.82, 2.24) is 14.9 Å². The summed E-state index contributed by atoms with van der Waals surface area (Å²) in [6.45, 7) is 9.26. The Hall–Kier alpha value is -1.72. The number of fused-ring (bicyclic) bond motifs is 1. The average molecular weight is 326 g/mol. The lowest BCUT2D eigenvalue weighted by Crippen LogP contribution is -2.50. The van der Waals surface area contributed by atoms with E-state index in [1.165, 1.54) is 5.57 Å². The number of hydrogen-bond acceptors (Lipinski definition) is 5. The molecular formula is C19H26N4O. The van der Waals surface area contributed by atoms with Crippen molar-refractivity contribution in [2.75, 3.05) is 37.7 Å². The normalized spacial score (nSPS) is 28.6. The zero-order chi connectivity index (χ0) is 16.5. The molecule has 128 valence electrons. The number of piperazine rings is 1. The van der Waals surface area contributed by atoms with Crippen LogP contribution in [0.25, 0.3) is 0 Å². The molecule has 0 amide bonds. The Bertz CT molecular complexity index is 631. The lowest BCUT2D eigenvalue weighted by atomic mass is 9.90. The molecule has 0 saturated carbocycles. The molecule has 24 heavy (non-hydrogen) atoms. The summed E-state index contributed by atoms with van der Waals surface area (Å²) < 4.78 is 5.84. The van der Waals surface area contributed by atoms with Crippen molar-refractivity contribution in [3.05, 3.63) is 41.8 Å². The van der Waals surface area contributed by atoms with Gasteiger partial charge in [0, 0.05) is 57.1 Å². The third-order valence-corrected chi connectivity index (χ3v) is 5.47. The summed E-state index contributed by atoms with van der Waals surface area (Å²) in [6.07, 6.45) is 12.3. The van der Waals surface area contributed by atoms with Crippen LogP contribution in [0.1, 0.15) is 18.9 Å². The minimum atomic E-state index is 0.301. The van der Waals surface area contributed by atoms with E-state index >= 15 is 0 Å². The van der Waals surface area contributed by atoms with Gasteiger partial charge in [0.2, 0.25) is 5.95 Å². The molecule has 1 aromatic heterocycles. The van der Waals surface area contributed by atoms with Crippen LogP contribution in [0, 0.1) is 12.8 Å². The number of nitrogens with zero attached hydrogens (tertiary/aromatic N) is 4. The molecule has 3 aliphatic rings. The highest BCUT2D eigenvalue weighted by molar-refractivity contribution is 5.33. The van der Waals surface area contributed by atoms with E-state index in [-0.39, 0.29) is 0 Å². The number of aromatic nitrogens is 2. The molecular weight excluding hydrogens is 300 g/mol. The van der Waals surface area contributed by atoms with Crippen LogP contribution in [0.15, 0.2) is 36.2 Å². The Morgan fingerprint density at radius 1 is 1.17 bits per heavy atom. The molecule has 1 aliphatic carbocycles. The van der Waals surface area contributed by atoms with Crippen molar-refractivity contribution in [3.63, 3.8) is 0 Å². The predicted octanol–water partition coefficient (Wildman–Crippen LogP) is 2.20. The molecule has 2 saturated heterocycles. The van der Waals surface area contributed by atoms with Gasteiger partial charge in [-0.25, -0.2) is 9.97 Å². The standard InChI is InChI=1S/C19H26N4O/c1-14-12-20-19(21-13-14)23-8-6-22(7-9-23)15(2)17-4-3-16-5-10-24-18(16)11-17/h3-4,11-13,15-16,18H,5-10H2,1-2H3. The molecule has 0 spiro atoms. The van der Waals surface area contributed by atoms with E-state index in [0.29, 0.717) is 18.1 Å². The first kappa shape index (κ1) is 15.8. The van der Waals surface area contributed by atoms with E-state index < -0.39 is 0 Å². The maximum Gasteiger partial charge on any atom is 0.225 e. The van der Waals surface area contributed by atoms with Crippen LogP contribution in [0.5, 0.6) is 0 Å². The lowest BCUT2D eigenvalue weighted by molar-refractivity contribution is 0.132. The van der Waals surface area contributed by atoms with Gasteiger partial charge in [-0.2, -0.15) is 0 Å². The van der Waals surface area contributed by atoms with Gasteiger partial charge in [0.25, 0.3) is 0 Å². The fourth-order valence-corrected chi connectivity index (χ4v) is 3.83. The SMILES string of the molecule is Cc1cnc(N2CCN(C(C)C3=CC4OCCC4C=C3)CC2)nc1. The summed E-state index contributed by atoms with van der Waals surface area (Å²) >= 11 is 0. The van der Waals surface area contributed by atoms with Crippen molar-refractivity contribution >= 4 is 5.95 Å². The fourth-order valence-electron chi connectivity index (χ4n) is 3.83. The first-order chi connectivity index (χ1) is 11.7. The molecule has 4 rings (SSSR count). The van der Waals surface area contributed by atoms with Gasteiger partial charge < -0.3 is 9.64 Å². The second-order valence-corrected chi connectivity index (χ2v) is 7.07. The van der Waals surface area contributed by atoms with Crippen LogP contribution >= 0.6 is 0 Å². The van der Waals surface area contributed by atoms with Gasteiger partial charge >= 0.3 is 0 Å². The number of ether oxygens (including phenoxy) is 1. The van der Waals surface area contributed by atoms with Crippen LogP contribution in [-0.4, -0.2) is 59.8 Å². The van der Waals surface area contributed by atoms with Crippen LogP contribution in [-0.2, 0) is 4.74 Å². The van der Waals surface area contributed by atoms with Gasteiger partial charge in [-0.1, -0.05) is 18.2 Å². The van der Waals surface area contributed by atoms with E-state index in [9.17, 15) is 0 Å². The van der Waals surface area contributed by atoms with Crippen LogP contribution < -0.4 is 4.90 Å². The van der Waals surface area contributed by atoms with Gasteiger partial charge in [0.05, 0.1) is 6.10 Å². The largest absolute Gasteiger partial charge is 0.373 e. The molecule has 0 N–H and O–H groups in total. The van der Waals surface area contributed by atoms with Gasteiger partial charge in [-0.15, -0.1) is 0 Å². The zero-order valence-electron chi connectivity index (χ0n) is 14.6. The van der Waals surface area contributed by atoms with E-state index in [0.717, 1.165) is 50.7 Å². The van der Waals surface area contributed by atoms with E-state index in [1.807, 2.05) is 19.3 Å². The van der Waals surface area contributed by atoms with Crippen molar-refractivity contribution in [3.8, 4) is 0 Å². The summed E-state index contributed by atoms with van der Waals surface area (Å²) in [5, 5.41) is 0. The third-order valence-electron chi connectivity index (χ3n) is 5.47. The summed E-state index contributed by atoms with van der Waals surface area (Å²) in [5.41, 5.74) is 2.51. The topological polar surface area (TPSA) is 41.5 Å². The molecule has 3 heterocycles. The van der Waals surface area contributed by atoms with Crippen molar-refractivity contribution in [1.29, 1.82) is 0 Å². The second-order valence-electron chi connectivity index (χ2n) is 7.07. The number of hydrogen-bond donors (Lipinski definition) is 0. The quantitative estimate of drug-likeness (QED) is 0.852. The highest BCUT2D eigenvalue weighted by atomic mass is 16.5. The summed E-state index contributed by atoms with van der Waals surface area (Å²) in [6, 6.07) is 0.437. The number of rotatable bonds is 3. The van der Waals surface area contributed by atoms with Crippen molar-refractivity contribution in [2.45, 2.75) is 32.4 Å². The Morgan fingerprint density at radius 2 is 1.92 bits per heavy atom. The zero-order valence-corrected chi connectivity index (χ0v) is 14.6. The second kappa shape index (κ2) is 6.65. The highest BCUT2D eigenvalue weighted by Crippen LogP contribution is 2.30. The number of aryl methyl sites for hydroxylation is 1. The Kier molecular flexibility index (Phi) is 4.37. The monoisotopic (exact) mass is 326 g/mol. The highest BCUT2D eigenvalue weighted by Gasteiger charge is 2.30. The van der Waals surface area contributed by atoms with Gasteiger partial charge in [0.1, 0.15) is 0 Å². The Labute approximate surface area is 144 Å². The summed E-state index contributed by atoms with van der Waals surface area (Å²) in [5.74, 6) is 1.45. The smallest absolute Gasteiger partial charge is 0.225 e. The molecule has 0 bridgehead atoms. The maximum absolute atomic E-state index is 5.84. The minimum absolute atomic E-state index is 0.301. The summed E-state index contributed by atoms with van der Waals surface area (Å²) in [4.78, 5) is 13.7. The molecule has 2 aliphatic heterocycles. The molecule has 3 atom stereocenters. The van der Waals surface area contributed by atoms with E-state index in [2.05, 4.69) is 44.9 Å². The van der Waals surface area contributed by atoms with Crippen molar-refractivity contribution < 1.29 is 4.74 Å². The molecule has 3 unspecified atom stereocenters. The first-order valence-electron chi connectivity index (χ1n) is 9.00. The predicted molar refractivity (Wildman–Crippen MR) is 95.1 cm³/mol. The van der Waals surface area contributed by atoms with Gasteiger partial charge in [-0.3, -0.25) is 4.90 Å². The van der Waals surface area contributed by atoms with Crippen LogP contribution in [0.2, 0.25) is 0 Å². The average Bonchev–Trinajstić information content (AvgIpc) is 3.09. The van der Waals surface area contributed by atoms with E-state index in [4.69, 9.17) is 4.74 Å². The van der Waals surface area contributed by atoms with E-state index in [1.54, 1.807) is 0 Å². The molecule has 1 aromatic rings. The Balaban J connectivity index is 1.37. The van der Waals surface area contributed by atoms with Crippen molar-refractivity contribution in [2.24, 2.45) is 5.92 Å². The minimum Gasteiger partial charge on any atom is -0.373 e. The Morgan fingerprint density at radius 3 is 2.67 bits per heavy atom. The lowest BCUT2D eigenvalue weighted by Gasteiger charge is -2.39. The van der Waals surface area contributed by atoms with Crippen LogP contribution in [0.4, 0.5) is 5.95 Å². The molecule has 5 heteroatoms. The number of anilines is 1. The third kappa shape index (κ3) is 3.10. The molecule has 2 fully saturated rings. The van der Waals surface area contributed by atoms with Crippen LogP contribution in [0.3, 0.4) is 0 Å². The van der Waals surface area contributed by atoms with Gasteiger partial charge in [-0.05, 0) is 31.4 Å². The molecule has 5 nitrogen and oxygen atoms in total. The molecule has 0 aromatic carbocycles. The first-order valence-corrected chi connectivity index (χ1v) is 9.00. The maximum atomic E-state index is 5.84. The fraction of sp³-hybridized carbons (Fsp3) is 0.579.